The zero-order valence-electron chi connectivity index (χ0n) is 15.5. The van der Waals surface area contributed by atoms with Crippen LogP contribution in [0, 0.1) is 6.92 Å². The van der Waals surface area contributed by atoms with Crippen molar-refractivity contribution in [2.24, 2.45) is 7.05 Å². The Morgan fingerprint density at radius 2 is 2.04 bits per heavy atom. The Hall–Kier alpha value is -2.68. The summed E-state index contributed by atoms with van der Waals surface area (Å²) in [5.41, 5.74) is 1.06. The molecule has 2 aromatic heterocycles. The highest BCUT2D eigenvalue weighted by molar-refractivity contribution is 7.18. The number of anilines is 1. The van der Waals surface area contributed by atoms with Crippen molar-refractivity contribution in [3.63, 3.8) is 0 Å². The molecule has 2 aromatic rings. The molecule has 140 valence electrons. The summed E-state index contributed by atoms with van der Waals surface area (Å²) in [6.07, 6.45) is 3.67. The van der Waals surface area contributed by atoms with Crippen molar-refractivity contribution >= 4 is 34.1 Å². The topological polar surface area (TPSA) is 93.5 Å². The maximum atomic E-state index is 12.5. The van der Waals surface area contributed by atoms with Gasteiger partial charge in [-0.05, 0) is 18.9 Å². The first-order chi connectivity index (χ1) is 12.3. The minimum Gasteiger partial charge on any atom is -0.462 e. The average molecular weight is 378 g/mol. The summed E-state index contributed by atoms with van der Waals surface area (Å²) in [5.74, 6) is -1.20. The molecule has 0 aliphatic carbocycles. The summed E-state index contributed by atoms with van der Waals surface area (Å²) in [6.45, 7) is 3.83. The van der Waals surface area contributed by atoms with Crippen LogP contribution in [0.2, 0.25) is 0 Å². The zero-order chi connectivity index (χ0) is 19.4. The molecule has 2 rings (SSSR count). The number of carbonyl (C=O) groups is 3. The van der Waals surface area contributed by atoms with E-state index in [-0.39, 0.29) is 18.1 Å². The molecular weight excluding hydrogens is 356 g/mol. The Labute approximate surface area is 155 Å². The molecule has 2 amide bonds. The summed E-state index contributed by atoms with van der Waals surface area (Å²) in [6, 6.07) is 0. The first-order valence-corrected chi connectivity index (χ1v) is 8.90. The number of amides is 2. The minimum absolute atomic E-state index is 0.214. The van der Waals surface area contributed by atoms with Crippen LogP contribution in [0.5, 0.6) is 0 Å². The van der Waals surface area contributed by atoms with Crippen molar-refractivity contribution in [3.05, 3.63) is 34.0 Å². The van der Waals surface area contributed by atoms with E-state index in [9.17, 15) is 14.4 Å². The van der Waals surface area contributed by atoms with Gasteiger partial charge in [0.2, 0.25) is 0 Å². The van der Waals surface area contributed by atoms with Crippen LogP contribution < -0.4 is 5.32 Å². The van der Waals surface area contributed by atoms with E-state index in [0.29, 0.717) is 27.4 Å². The van der Waals surface area contributed by atoms with Crippen LogP contribution in [-0.2, 0) is 11.8 Å². The lowest BCUT2D eigenvalue weighted by Gasteiger charge is -2.09. The zero-order valence-corrected chi connectivity index (χ0v) is 16.3. The molecule has 0 unspecified atom stereocenters. The van der Waals surface area contributed by atoms with Crippen molar-refractivity contribution in [1.29, 1.82) is 0 Å². The molecule has 0 aliphatic heterocycles. The van der Waals surface area contributed by atoms with Gasteiger partial charge in [0.1, 0.15) is 5.00 Å². The number of thiophene rings is 1. The lowest BCUT2D eigenvalue weighted by atomic mass is 10.1. The Bertz CT molecular complexity index is 838. The third-order valence-electron chi connectivity index (χ3n) is 3.58. The Kier molecular flexibility index (Phi) is 6.14. The van der Waals surface area contributed by atoms with Gasteiger partial charge in [-0.2, -0.15) is 5.10 Å². The van der Waals surface area contributed by atoms with Crippen LogP contribution >= 0.6 is 11.3 Å². The lowest BCUT2D eigenvalue weighted by Crippen LogP contribution is -2.21. The van der Waals surface area contributed by atoms with E-state index < -0.39 is 11.9 Å². The van der Waals surface area contributed by atoms with Gasteiger partial charge in [-0.15, -0.1) is 11.3 Å². The van der Waals surface area contributed by atoms with E-state index in [1.165, 1.54) is 15.8 Å². The molecule has 0 spiro atoms. The first kappa shape index (κ1) is 19.6. The highest BCUT2D eigenvalue weighted by atomic mass is 32.1. The molecule has 8 nitrogen and oxygen atoms in total. The predicted molar refractivity (Wildman–Crippen MR) is 98.8 cm³/mol. The van der Waals surface area contributed by atoms with E-state index in [1.807, 2.05) is 6.92 Å². The first-order valence-electron chi connectivity index (χ1n) is 8.08. The molecule has 0 saturated carbocycles. The molecule has 2 heterocycles. The molecule has 0 fully saturated rings. The number of aryl methyl sites for hydroxylation is 1. The standard InChI is InChI=1S/C17H22N4O4S/c1-6-7-25-17(24)12-10(2)13(16(23)20(3)4)26-15(12)19-14(22)11-8-18-21(5)9-11/h8-9H,6-7H2,1-5H3,(H,19,22). The van der Waals surface area contributed by atoms with Crippen LogP contribution in [0.15, 0.2) is 12.4 Å². The summed E-state index contributed by atoms with van der Waals surface area (Å²) < 4.78 is 6.72. The largest absolute Gasteiger partial charge is 0.462 e. The van der Waals surface area contributed by atoms with Crippen molar-refractivity contribution in [3.8, 4) is 0 Å². The van der Waals surface area contributed by atoms with Crippen molar-refractivity contribution in [1.82, 2.24) is 14.7 Å². The van der Waals surface area contributed by atoms with E-state index in [4.69, 9.17) is 4.74 Å². The van der Waals surface area contributed by atoms with Crippen molar-refractivity contribution in [2.75, 3.05) is 26.0 Å². The maximum absolute atomic E-state index is 12.5. The van der Waals surface area contributed by atoms with Crippen molar-refractivity contribution in [2.45, 2.75) is 20.3 Å². The smallest absolute Gasteiger partial charge is 0.341 e. The quantitative estimate of drug-likeness (QED) is 0.779. The third-order valence-corrected chi connectivity index (χ3v) is 4.78. The molecule has 0 bridgehead atoms. The van der Waals surface area contributed by atoms with Crippen LogP contribution in [0.3, 0.4) is 0 Å². The highest BCUT2D eigenvalue weighted by Crippen LogP contribution is 2.34. The van der Waals surface area contributed by atoms with Crippen LogP contribution in [-0.4, -0.2) is 53.2 Å². The summed E-state index contributed by atoms with van der Waals surface area (Å²) in [7, 11) is 4.96. The van der Waals surface area contributed by atoms with E-state index >= 15 is 0 Å². The van der Waals surface area contributed by atoms with Gasteiger partial charge in [-0.3, -0.25) is 14.3 Å². The molecule has 0 atom stereocenters. The minimum atomic E-state index is -0.556. The molecule has 0 saturated heterocycles. The number of rotatable bonds is 6. The predicted octanol–water partition coefficient (Wildman–Crippen LogP) is 2.31. The fourth-order valence-corrected chi connectivity index (χ4v) is 3.45. The maximum Gasteiger partial charge on any atom is 0.341 e. The van der Waals surface area contributed by atoms with Gasteiger partial charge in [0.25, 0.3) is 11.8 Å². The molecular formula is C17H22N4O4S. The number of esters is 1. The van der Waals surface area contributed by atoms with Gasteiger partial charge < -0.3 is 15.0 Å². The fourth-order valence-electron chi connectivity index (χ4n) is 2.24. The second kappa shape index (κ2) is 8.13. The average Bonchev–Trinajstić information content (AvgIpc) is 3.15. The number of hydrogen-bond donors (Lipinski definition) is 1. The molecule has 26 heavy (non-hydrogen) atoms. The van der Waals surface area contributed by atoms with Gasteiger partial charge in [0, 0.05) is 27.3 Å². The van der Waals surface area contributed by atoms with Crippen molar-refractivity contribution < 1.29 is 19.1 Å². The SMILES string of the molecule is CCCOC(=O)c1c(NC(=O)c2cnn(C)c2)sc(C(=O)N(C)C)c1C. The molecule has 9 heteroatoms. The van der Waals surface area contributed by atoms with E-state index in [1.54, 1.807) is 34.3 Å². The van der Waals surface area contributed by atoms with E-state index in [2.05, 4.69) is 10.4 Å². The third kappa shape index (κ3) is 4.10. The number of nitrogens with zero attached hydrogens (tertiary/aromatic N) is 3. The second-order valence-corrected chi connectivity index (χ2v) is 6.97. The summed E-state index contributed by atoms with van der Waals surface area (Å²) in [5, 5.41) is 6.96. The molecule has 0 aromatic carbocycles. The monoisotopic (exact) mass is 378 g/mol. The van der Waals surface area contributed by atoms with E-state index in [0.717, 1.165) is 11.3 Å². The van der Waals surface area contributed by atoms with Gasteiger partial charge in [-0.25, -0.2) is 4.79 Å². The molecule has 0 aliphatic rings. The molecule has 1 N–H and O–H groups in total. The summed E-state index contributed by atoms with van der Waals surface area (Å²) >= 11 is 1.06. The lowest BCUT2D eigenvalue weighted by molar-refractivity contribution is 0.0506. The van der Waals surface area contributed by atoms with Crippen LogP contribution in [0.1, 0.15) is 49.3 Å². The Balaban J connectivity index is 2.41. The van der Waals surface area contributed by atoms with Gasteiger partial charge in [0.05, 0.1) is 28.8 Å². The Morgan fingerprint density at radius 3 is 2.58 bits per heavy atom. The number of hydrogen-bond acceptors (Lipinski definition) is 6. The Morgan fingerprint density at radius 1 is 1.35 bits per heavy atom. The highest BCUT2D eigenvalue weighted by Gasteiger charge is 2.27. The van der Waals surface area contributed by atoms with Gasteiger partial charge in [0.15, 0.2) is 0 Å². The second-order valence-electron chi connectivity index (χ2n) is 5.95. The number of ether oxygens (including phenoxy) is 1. The fraction of sp³-hybridized carbons (Fsp3) is 0.412. The normalized spacial score (nSPS) is 10.5. The van der Waals surface area contributed by atoms with Crippen LogP contribution in [0.25, 0.3) is 0 Å². The number of aromatic nitrogens is 2. The van der Waals surface area contributed by atoms with Gasteiger partial charge >= 0.3 is 5.97 Å². The number of carbonyl (C=O) groups excluding carboxylic acids is 3. The summed E-state index contributed by atoms with van der Waals surface area (Å²) in [4.78, 5) is 39.1. The van der Waals surface area contributed by atoms with Crippen LogP contribution in [0.4, 0.5) is 5.00 Å². The van der Waals surface area contributed by atoms with Gasteiger partial charge in [-0.1, -0.05) is 6.92 Å². The number of nitrogens with one attached hydrogen (secondary N) is 1. The molecule has 0 radical (unpaired) electrons.